The molecule has 2 aromatic rings. The lowest BCUT2D eigenvalue weighted by atomic mass is 10.2. The molecule has 0 radical (unpaired) electrons. The van der Waals surface area contributed by atoms with Gasteiger partial charge in [-0.15, -0.1) is 0 Å². The summed E-state index contributed by atoms with van der Waals surface area (Å²) in [6.07, 6.45) is 3.97. The Bertz CT molecular complexity index is 477. The number of fused-ring (bicyclic) bond motifs is 1. The van der Waals surface area contributed by atoms with Crippen molar-refractivity contribution in [2.24, 2.45) is 0 Å². The summed E-state index contributed by atoms with van der Waals surface area (Å²) < 4.78 is 5.62. The monoisotopic (exact) mass is 215 g/mol. The Labute approximate surface area is 94.1 Å². The Kier molecular flexibility index (Phi) is 3.49. The van der Waals surface area contributed by atoms with Crippen LogP contribution in [0.1, 0.15) is 12.8 Å². The second-order valence-corrected chi connectivity index (χ2v) is 3.48. The molecule has 0 amide bonds. The molecule has 3 nitrogen and oxygen atoms in total. The van der Waals surface area contributed by atoms with E-state index in [1.54, 1.807) is 6.20 Å². The molecule has 0 aliphatic carbocycles. The fourth-order valence-corrected chi connectivity index (χ4v) is 1.55. The lowest BCUT2D eigenvalue weighted by Gasteiger charge is -2.07. The van der Waals surface area contributed by atoms with Crippen LogP contribution in [-0.4, -0.2) is 17.9 Å². The molecule has 0 unspecified atom stereocenters. The zero-order chi connectivity index (χ0) is 11.2. The fraction of sp³-hybridized carbons (Fsp3) is 0.231. The third-order valence-corrected chi connectivity index (χ3v) is 2.33. The van der Waals surface area contributed by atoms with Gasteiger partial charge in [-0.1, -0.05) is 6.07 Å². The molecule has 3 heteroatoms. The normalized spacial score (nSPS) is 10.2. The predicted octanol–water partition coefficient (Wildman–Crippen LogP) is 2.59. The van der Waals surface area contributed by atoms with Gasteiger partial charge in [0.15, 0.2) is 0 Å². The molecule has 1 heterocycles. The number of ether oxygens (including phenoxy) is 1. The SMILES string of the molecule is O=CCCCOc1cccc2ncccc12. The molecule has 0 N–H and O–H groups in total. The molecule has 82 valence electrons. The highest BCUT2D eigenvalue weighted by Gasteiger charge is 2.01. The summed E-state index contributed by atoms with van der Waals surface area (Å²) in [6, 6.07) is 9.67. The minimum Gasteiger partial charge on any atom is -0.493 e. The van der Waals surface area contributed by atoms with Crippen LogP contribution in [0.5, 0.6) is 5.75 Å². The second-order valence-electron chi connectivity index (χ2n) is 3.48. The second kappa shape index (κ2) is 5.26. The van der Waals surface area contributed by atoms with Crippen molar-refractivity contribution in [1.29, 1.82) is 0 Å². The number of carbonyl (C=O) groups excluding carboxylic acids is 1. The first-order valence-corrected chi connectivity index (χ1v) is 5.32. The van der Waals surface area contributed by atoms with Crippen LogP contribution in [0.4, 0.5) is 0 Å². The Morgan fingerprint density at radius 1 is 1.25 bits per heavy atom. The molecular formula is C13H13NO2. The van der Waals surface area contributed by atoms with Gasteiger partial charge in [-0.05, 0) is 30.7 Å². The van der Waals surface area contributed by atoms with Crippen molar-refractivity contribution < 1.29 is 9.53 Å². The van der Waals surface area contributed by atoms with Crippen LogP contribution in [-0.2, 0) is 4.79 Å². The van der Waals surface area contributed by atoms with Gasteiger partial charge in [-0.3, -0.25) is 4.98 Å². The number of pyridine rings is 1. The van der Waals surface area contributed by atoms with Crippen molar-refractivity contribution in [3.63, 3.8) is 0 Å². The van der Waals surface area contributed by atoms with E-state index in [2.05, 4.69) is 4.98 Å². The van der Waals surface area contributed by atoms with E-state index in [1.165, 1.54) is 0 Å². The van der Waals surface area contributed by atoms with Gasteiger partial charge in [0.05, 0.1) is 12.1 Å². The highest BCUT2D eigenvalue weighted by Crippen LogP contribution is 2.23. The van der Waals surface area contributed by atoms with E-state index < -0.39 is 0 Å². The van der Waals surface area contributed by atoms with Gasteiger partial charge in [-0.25, -0.2) is 0 Å². The standard InChI is InChI=1S/C13H13NO2/c15-9-1-2-10-16-13-7-3-6-12-11(13)5-4-8-14-12/h3-9H,1-2,10H2. The zero-order valence-corrected chi connectivity index (χ0v) is 8.93. The number of nitrogens with zero attached hydrogens (tertiary/aromatic N) is 1. The number of hydrogen-bond acceptors (Lipinski definition) is 3. The van der Waals surface area contributed by atoms with Gasteiger partial charge >= 0.3 is 0 Å². The van der Waals surface area contributed by atoms with Crippen LogP contribution in [0.2, 0.25) is 0 Å². The Morgan fingerprint density at radius 2 is 2.19 bits per heavy atom. The van der Waals surface area contributed by atoms with Gasteiger partial charge in [0, 0.05) is 18.0 Å². The summed E-state index contributed by atoms with van der Waals surface area (Å²) in [4.78, 5) is 14.4. The van der Waals surface area contributed by atoms with E-state index in [0.29, 0.717) is 13.0 Å². The molecule has 1 aromatic carbocycles. The maximum Gasteiger partial charge on any atom is 0.128 e. The molecule has 16 heavy (non-hydrogen) atoms. The number of rotatable bonds is 5. The smallest absolute Gasteiger partial charge is 0.128 e. The van der Waals surface area contributed by atoms with E-state index >= 15 is 0 Å². The molecule has 0 spiro atoms. The lowest BCUT2D eigenvalue weighted by Crippen LogP contribution is -1.98. The maximum absolute atomic E-state index is 10.2. The first-order chi connectivity index (χ1) is 7.92. The van der Waals surface area contributed by atoms with Crippen LogP contribution in [0, 0.1) is 0 Å². The van der Waals surface area contributed by atoms with Crippen molar-refractivity contribution in [1.82, 2.24) is 4.98 Å². The van der Waals surface area contributed by atoms with Gasteiger partial charge < -0.3 is 9.53 Å². The largest absolute Gasteiger partial charge is 0.493 e. The summed E-state index contributed by atoms with van der Waals surface area (Å²) in [5, 5.41) is 1.01. The summed E-state index contributed by atoms with van der Waals surface area (Å²) in [7, 11) is 0. The van der Waals surface area contributed by atoms with Crippen molar-refractivity contribution >= 4 is 17.2 Å². The summed E-state index contributed by atoms with van der Waals surface area (Å²) >= 11 is 0. The van der Waals surface area contributed by atoms with Crippen LogP contribution in [0.3, 0.4) is 0 Å². The zero-order valence-electron chi connectivity index (χ0n) is 8.93. The van der Waals surface area contributed by atoms with E-state index in [9.17, 15) is 4.79 Å². The van der Waals surface area contributed by atoms with Gasteiger partial charge in [0.1, 0.15) is 12.0 Å². The molecule has 0 saturated carbocycles. The Morgan fingerprint density at radius 3 is 3.06 bits per heavy atom. The Balaban J connectivity index is 2.14. The summed E-state index contributed by atoms with van der Waals surface area (Å²) in [5.41, 5.74) is 0.926. The third-order valence-electron chi connectivity index (χ3n) is 2.33. The third kappa shape index (κ3) is 2.37. The van der Waals surface area contributed by atoms with Crippen molar-refractivity contribution in [3.8, 4) is 5.75 Å². The fourth-order valence-electron chi connectivity index (χ4n) is 1.55. The number of aldehydes is 1. The van der Waals surface area contributed by atoms with Gasteiger partial charge in [0.2, 0.25) is 0 Å². The highest BCUT2D eigenvalue weighted by molar-refractivity contribution is 5.84. The van der Waals surface area contributed by atoms with Crippen molar-refractivity contribution in [3.05, 3.63) is 36.5 Å². The number of carbonyl (C=O) groups is 1. The first kappa shape index (κ1) is 10.6. The molecule has 0 aliphatic heterocycles. The van der Waals surface area contributed by atoms with E-state index in [-0.39, 0.29) is 0 Å². The van der Waals surface area contributed by atoms with Crippen LogP contribution < -0.4 is 4.74 Å². The molecule has 2 rings (SSSR count). The maximum atomic E-state index is 10.2. The number of benzene rings is 1. The molecule has 0 atom stereocenters. The van der Waals surface area contributed by atoms with E-state index in [0.717, 1.165) is 29.4 Å². The molecule has 0 bridgehead atoms. The molecule has 0 aliphatic rings. The average molecular weight is 215 g/mol. The molecular weight excluding hydrogens is 202 g/mol. The van der Waals surface area contributed by atoms with Crippen LogP contribution in [0.15, 0.2) is 36.5 Å². The topological polar surface area (TPSA) is 39.2 Å². The minimum atomic E-state index is 0.545. The molecule has 1 aromatic heterocycles. The predicted molar refractivity (Wildman–Crippen MR) is 62.5 cm³/mol. The summed E-state index contributed by atoms with van der Waals surface area (Å²) in [5.74, 6) is 0.830. The summed E-state index contributed by atoms with van der Waals surface area (Å²) in [6.45, 7) is 0.562. The van der Waals surface area contributed by atoms with Gasteiger partial charge in [-0.2, -0.15) is 0 Å². The van der Waals surface area contributed by atoms with Gasteiger partial charge in [0.25, 0.3) is 0 Å². The Hall–Kier alpha value is -1.90. The number of unbranched alkanes of at least 4 members (excludes halogenated alkanes) is 1. The number of aromatic nitrogens is 1. The minimum absolute atomic E-state index is 0.545. The van der Waals surface area contributed by atoms with Crippen LogP contribution >= 0.6 is 0 Å². The molecule has 0 fully saturated rings. The highest BCUT2D eigenvalue weighted by atomic mass is 16.5. The lowest BCUT2D eigenvalue weighted by molar-refractivity contribution is -0.108. The van der Waals surface area contributed by atoms with Crippen molar-refractivity contribution in [2.75, 3.05) is 6.61 Å². The van der Waals surface area contributed by atoms with Crippen LogP contribution in [0.25, 0.3) is 10.9 Å². The quantitative estimate of drug-likeness (QED) is 0.568. The van der Waals surface area contributed by atoms with E-state index in [4.69, 9.17) is 4.74 Å². The van der Waals surface area contributed by atoms with Crippen molar-refractivity contribution in [2.45, 2.75) is 12.8 Å². The molecule has 0 saturated heterocycles. The number of hydrogen-bond donors (Lipinski definition) is 0. The average Bonchev–Trinajstić information content (AvgIpc) is 2.35. The van der Waals surface area contributed by atoms with E-state index in [1.807, 2.05) is 30.3 Å². The first-order valence-electron chi connectivity index (χ1n) is 5.32.